The van der Waals surface area contributed by atoms with Crippen LogP contribution in [0.1, 0.15) is 0 Å². The third-order valence-corrected chi connectivity index (χ3v) is 1.86. The molecule has 0 radical (unpaired) electrons. The Morgan fingerprint density at radius 2 is 2.00 bits per heavy atom. The van der Waals surface area contributed by atoms with Crippen LogP contribution in [0, 0.1) is 0 Å². The van der Waals surface area contributed by atoms with Crippen LogP contribution in [0.2, 0.25) is 0 Å². The predicted molar refractivity (Wildman–Crippen MR) is 40.7 cm³/mol. The number of aromatic nitrogens is 2. The third-order valence-electron chi connectivity index (χ3n) is 1.04. The Kier molecular flexibility index (Phi) is 1.86. The van der Waals surface area contributed by atoms with E-state index in [-0.39, 0.29) is 11.6 Å². The van der Waals surface area contributed by atoms with Gasteiger partial charge in [-0.2, -0.15) is 13.4 Å². The van der Waals surface area contributed by atoms with Crippen molar-refractivity contribution >= 4 is 21.8 Å². The monoisotopic (exact) mass is 190 g/mol. The molecule has 5 N–H and O–H groups in total. The van der Waals surface area contributed by atoms with E-state index in [4.69, 9.17) is 16.0 Å². The highest BCUT2D eigenvalue weighted by Crippen LogP contribution is 2.13. The van der Waals surface area contributed by atoms with E-state index in [0.29, 0.717) is 0 Å². The highest BCUT2D eigenvalue weighted by molar-refractivity contribution is 7.85. The molecule has 0 saturated carbocycles. The molecule has 66 valence electrons. The van der Waals surface area contributed by atoms with Crippen LogP contribution in [0.5, 0.6) is 0 Å². The smallest absolute Gasteiger partial charge is 0.314 e. The van der Waals surface area contributed by atoms with Crippen LogP contribution in [0.15, 0.2) is 11.2 Å². The van der Waals surface area contributed by atoms with E-state index in [0.717, 1.165) is 6.20 Å². The molecule has 0 aliphatic carbocycles. The molecule has 0 spiro atoms. The highest BCUT2D eigenvalue weighted by Gasteiger charge is 2.16. The summed E-state index contributed by atoms with van der Waals surface area (Å²) in [5, 5.41) is -0.671. The van der Waals surface area contributed by atoms with Crippen molar-refractivity contribution in [3.05, 3.63) is 6.20 Å². The van der Waals surface area contributed by atoms with Gasteiger partial charge in [-0.05, 0) is 0 Å². The van der Waals surface area contributed by atoms with Crippen molar-refractivity contribution in [1.82, 2.24) is 9.97 Å². The Labute approximate surface area is 68.2 Å². The quantitative estimate of drug-likeness (QED) is 0.377. The molecule has 7 nitrogen and oxygen atoms in total. The van der Waals surface area contributed by atoms with Crippen molar-refractivity contribution < 1.29 is 13.0 Å². The van der Waals surface area contributed by atoms with Gasteiger partial charge in [-0.25, -0.2) is 4.98 Å². The maximum Gasteiger partial charge on any atom is 0.314 e. The van der Waals surface area contributed by atoms with E-state index >= 15 is 0 Å². The molecular weight excluding hydrogens is 184 g/mol. The number of nitrogens with zero attached hydrogens (tertiary/aromatic N) is 2. The van der Waals surface area contributed by atoms with Gasteiger partial charge < -0.3 is 11.5 Å². The van der Waals surface area contributed by atoms with Crippen LogP contribution in [0.25, 0.3) is 0 Å². The van der Waals surface area contributed by atoms with E-state index in [9.17, 15) is 8.42 Å². The van der Waals surface area contributed by atoms with E-state index in [1.54, 1.807) is 0 Å². The number of anilines is 2. The molecule has 0 fully saturated rings. The summed E-state index contributed by atoms with van der Waals surface area (Å²) in [5.74, 6) is -0.267. The first kappa shape index (κ1) is 8.68. The number of nitrogen functional groups attached to an aromatic ring is 2. The lowest BCUT2D eigenvalue weighted by molar-refractivity contribution is 0.480. The lowest BCUT2D eigenvalue weighted by atomic mass is 10.6. The largest absolute Gasteiger partial charge is 0.395 e. The summed E-state index contributed by atoms with van der Waals surface area (Å²) < 4.78 is 29.6. The van der Waals surface area contributed by atoms with Crippen LogP contribution in [0.4, 0.5) is 11.6 Å². The molecule has 12 heavy (non-hydrogen) atoms. The van der Waals surface area contributed by atoms with Gasteiger partial charge in [0, 0.05) is 0 Å². The highest BCUT2D eigenvalue weighted by atomic mass is 32.2. The average molecular weight is 190 g/mol. The van der Waals surface area contributed by atoms with Gasteiger partial charge in [0.1, 0.15) is 0 Å². The Morgan fingerprint density at radius 1 is 1.42 bits per heavy atom. The molecule has 0 unspecified atom stereocenters. The Balaban J connectivity index is 3.43. The van der Waals surface area contributed by atoms with Crippen molar-refractivity contribution in [2.75, 3.05) is 11.5 Å². The van der Waals surface area contributed by atoms with E-state index in [1.807, 2.05) is 0 Å². The molecule has 1 heterocycles. The first-order valence-electron chi connectivity index (χ1n) is 2.77. The van der Waals surface area contributed by atoms with Gasteiger partial charge in [-0.15, -0.1) is 0 Å². The van der Waals surface area contributed by atoms with E-state index in [1.165, 1.54) is 0 Å². The molecule has 1 rings (SSSR count). The number of rotatable bonds is 1. The molecule has 8 heteroatoms. The lowest BCUT2D eigenvalue weighted by Crippen LogP contribution is -2.08. The fourth-order valence-electron chi connectivity index (χ4n) is 0.595. The lowest BCUT2D eigenvalue weighted by Gasteiger charge is -1.99. The normalized spacial score (nSPS) is 11.4. The second-order valence-corrected chi connectivity index (χ2v) is 3.30. The molecule has 0 saturated heterocycles. The Morgan fingerprint density at radius 3 is 2.42 bits per heavy atom. The molecule has 0 aliphatic heterocycles. The minimum atomic E-state index is -4.41. The van der Waals surface area contributed by atoms with Gasteiger partial charge in [0.2, 0.25) is 11.0 Å². The van der Waals surface area contributed by atoms with Crippen molar-refractivity contribution in [1.29, 1.82) is 0 Å². The van der Waals surface area contributed by atoms with Crippen LogP contribution >= 0.6 is 0 Å². The van der Waals surface area contributed by atoms with Gasteiger partial charge in [0.15, 0.2) is 0 Å². The number of hydrogen-bond acceptors (Lipinski definition) is 6. The van der Waals surface area contributed by atoms with E-state index in [2.05, 4.69) is 9.97 Å². The zero-order valence-electron chi connectivity index (χ0n) is 5.80. The molecule has 0 amide bonds. The fourth-order valence-corrected chi connectivity index (χ4v) is 1.15. The van der Waals surface area contributed by atoms with Gasteiger partial charge >= 0.3 is 10.1 Å². The molecule has 1 aromatic heterocycles. The number of nitrogens with two attached hydrogens (primary N) is 2. The van der Waals surface area contributed by atoms with Gasteiger partial charge in [-0.3, -0.25) is 4.55 Å². The summed E-state index contributed by atoms with van der Waals surface area (Å²) in [7, 11) is -4.41. The first-order chi connectivity index (χ1) is 5.41. The molecule has 0 aliphatic rings. The van der Waals surface area contributed by atoms with Crippen molar-refractivity contribution in [2.45, 2.75) is 5.03 Å². The molecular formula is C4H6N4O3S. The molecule has 0 atom stereocenters. The number of hydrogen-bond donors (Lipinski definition) is 3. The topological polar surface area (TPSA) is 132 Å². The fraction of sp³-hybridized carbons (Fsp3) is 0. The summed E-state index contributed by atoms with van der Waals surface area (Å²) in [6.07, 6.45) is 1.01. The summed E-state index contributed by atoms with van der Waals surface area (Å²) >= 11 is 0. The first-order valence-corrected chi connectivity index (χ1v) is 4.21. The van der Waals surface area contributed by atoms with Crippen LogP contribution in [0.3, 0.4) is 0 Å². The van der Waals surface area contributed by atoms with Crippen molar-refractivity contribution in [2.24, 2.45) is 0 Å². The minimum Gasteiger partial charge on any atom is -0.395 e. The molecule has 0 aromatic carbocycles. The second-order valence-electron chi connectivity index (χ2n) is 1.96. The summed E-state index contributed by atoms with van der Waals surface area (Å²) in [6, 6.07) is 0. The summed E-state index contributed by atoms with van der Waals surface area (Å²) in [5.41, 5.74) is 9.98. The van der Waals surface area contributed by atoms with Gasteiger partial charge in [0.05, 0.1) is 11.9 Å². The zero-order chi connectivity index (χ0) is 9.35. The summed E-state index contributed by atoms with van der Waals surface area (Å²) in [4.78, 5) is 6.67. The van der Waals surface area contributed by atoms with Crippen LogP contribution in [-0.2, 0) is 10.1 Å². The van der Waals surface area contributed by atoms with E-state index < -0.39 is 15.1 Å². The zero-order valence-corrected chi connectivity index (χ0v) is 6.61. The van der Waals surface area contributed by atoms with Crippen LogP contribution in [-0.4, -0.2) is 22.9 Å². The van der Waals surface area contributed by atoms with Crippen molar-refractivity contribution in [3.8, 4) is 0 Å². The maximum atomic E-state index is 10.5. The predicted octanol–water partition coefficient (Wildman–Crippen LogP) is -1.11. The van der Waals surface area contributed by atoms with Gasteiger partial charge in [0.25, 0.3) is 0 Å². The standard InChI is InChI=1S/C4H6N4O3S/c5-2-1-7-4(6)8-3(2)12(9,10)11/h1H,5H2,(H2,6,7,8)(H,9,10,11). The van der Waals surface area contributed by atoms with Gasteiger partial charge in [-0.1, -0.05) is 0 Å². The third kappa shape index (κ3) is 1.60. The SMILES string of the molecule is Nc1ncc(N)c(S(=O)(=O)O)n1. The minimum absolute atomic E-state index is 0.244. The summed E-state index contributed by atoms with van der Waals surface area (Å²) in [6.45, 7) is 0. The van der Waals surface area contributed by atoms with Crippen LogP contribution < -0.4 is 11.5 Å². The Hall–Kier alpha value is -1.41. The van der Waals surface area contributed by atoms with Crippen molar-refractivity contribution in [3.63, 3.8) is 0 Å². The second kappa shape index (κ2) is 2.57. The molecule has 1 aromatic rings. The maximum absolute atomic E-state index is 10.5. The Bertz CT molecular complexity index is 401. The molecule has 0 bridgehead atoms. The average Bonchev–Trinajstić information content (AvgIpc) is 1.92.